The first-order valence-corrected chi connectivity index (χ1v) is 6.84. The molecular weight excluding hydrogens is 272 g/mol. The van der Waals surface area contributed by atoms with Gasteiger partial charge in [-0.05, 0) is 37.3 Å². The van der Waals surface area contributed by atoms with E-state index >= 15 is 0 Å². The zero-order chi connectivity index (χ0) is 16.2. The average Bonchev–Trinajstić information content (AvgIpc) is 2.34. The molecule has 116 valence electrons. The van der Waals surface area contributed by atoms with Crippen LogP contribution in [-0.2, 0) is 0 Å². The molecule has 1 unspecified atom stereocenters. The van der Waals surface area contributed by atoms with Gasteiger partial charge in [0.1, 0.15) is 5.56 Å². The molecule has 0 aromatic heterocycles. The number of nitro benzene ring substituents is 1. The van der Waals surface area contributed by atoms with Crippen molar-refractivity contribution in [2.24, 2.45) is 5.41 Å². The summed E-state index contributed by atoms with van der Waals surface area (Å²) < 4.78 is 0. The van der Waals surface area contributed by atoms with Gasteiger partial charge in [0.15, 0.2) is 0 Å². The lowest BCUT2D eigenvalue weighted by molar-refractivity contribution is -0.385. The number of benzene rings is 1. The third-order valence-corrected chi connectivity index (χ3v) is 3.17. The molecule has 1 atom stereocenters. The molecule has 6 nitrogen and oxygen atoms in total. The average molecular weight is 294 g/mol. The molecule has 0 aliphatic heterocycles. The highest BCUT2D eigenvalue weighted by Gasteiger charge is 2.24. The molecule has 0 aliphatic rings. The fraction of sp³-hybridized carbons (Fsp3) is 0.533. The number of carbonyl (C=O) groups excluding carboxylic acids is 1. The van der Waals surface area contributed by atoms with E-state index in [1.807, 2.05) is 13.8 Å². The van der Waals surface area contributed by atoms with Gasteiger partial charge in [-0.25, -0.2) is 0 Å². The van der Waals surface area contributed by atoms with Crippen molar-refractivity contribution >= 4 is 11.6 Å². The van der Waals surface area contributed by atoms with Gasteiger partial charge in [0.2, 0.25) is 0 Å². The minimum absolute atomic E-state index is 0.0628. The number of nitro groups is 1. The predicted octanol–water partition coefficient (Wildman–Crippen LogP) is 2.43. The van der Waals surface area contributed by atoms with E-state index in [1.165, 1.54) is 12.1 Å². The van der Waals surface area contributed by atoms with E-state index < -0.39 is 16.9 Å². The van der Waals surface area contributed by atoms with Gasteiger partial charge >= 0.3 is 0 Å². The third kappa shape index (κ3) is 5.15. The minimum Gasteiger partial charge on any atom is -0.393 e. The molecule has 0 saturated carbocycles. The molecule has 1 amide bonds. The van der Waals surface area contributed by atoms with Crippen LogP contribution in [0.3, 0.4) is 0 Å². The van der Waals surface area contributed by atoms with Gasteiger partial charge in [-0.1, -0.05) is 19.9 Å². The molecule has 0 heterocycles. The molecule has 2 N–H and O–H groups in total. The molecule has 0 saturated heterocycles. The fourth-order valence-corrected chi connectivity index (χ4v) is 2.28. The zero-order valence-corrected chi connectivity index (χ0v) is 12.8. The van der Waals surface area contributed by atoms with Crippen molar-refractivity contribution in [3.8, 4) is 0 Å². The number of aryl methyl sites for hydroxylation is 1. The van der Waals surface area contributed by atoms with E-state index in [0.717, 1.165) is 5.56 Å². The number of hydrogen-bond donors (Lipinski definition) is 2. The van der Waals surface area contributed by atoms with Crippen molar-refractivity contribution in [1.29, 1.82) is 0 Å². The van der Waals surface area contributed by atoms with Crippen LogP contribution in [0, 0.1) is 22.5 Å². The molecule has 1 aromatic carbocycles. The molecule has 0 bridgehead atoms. The Hall–Kier alpha value is -1.95. The standard InChI is InChI=1S/C15H22N2O4/c1-10-5-6-13(17(20)21)12(7-10)14(19)16-9-15(3,4)8-11(2)18/h5-7,11,18H,8-9H2,1-4H3,(H,16,19). The van der Waals surface area contributed by atoms with E-state index in [4.69, 9.17) is 0 Å². The van der Waals surface area contributed by atoms with Crippen molar-refractivity contribution in [3.63, 3.8) is 0 Å². The maximum atomic E-state index is 12.2. The maximum absolute atomic E-state index is 12.2. The Morgan fingerprint density at radius 3 is 2.62 bits per heavy atom. The fourth-order valence-electron chi connectivity index (χ4n) is 2.28. The summed E-state index contributed by atoms with van der Waals surface area (Å²) in [7, 11) is 0. The van der Waals surface area contributed by atoms with Crippen molar-refractivity contribution < 1.29 is 14.8 Å². The largest absolute Gasteiger partial charge is 0.393 e. The Kier molecular flexibility index (Phi) is 5.43. The van der Waals surface area contributed by atoms with Gasteiger partial charge in [-0.15, -0.1) is 0 Å². The highest BCUT2D eigenvalue weighted by molar-refractivity contribution is 5.98. The number of aliphatic hydroxyl groups excluding tert-OH is 1. The molecule has 21 heavy (non-hydrogen) atoms. The van der Waals surface area contributed by atoms with Crippen LogP contribution >= 0.6 is 0 Å². The molecule has 1 rings (SSSR count). The Morgan fingerprint density at radius 1 is 1.48 bits per heavy atom. The summed E-state index contributed by atoms with van der Waals surface area (Å²) >= 11 is 0. The predicted molar refractivity (Wildman–Crippen MR) is 80.2 cm³/mol. The highest BCUT2D eigenvalue weighted by Crippen LogP contribution is 2.23. The van der Waals surface area contributed by atoms with Crippen LogP contribution in [0.2, 0.25) is 0 Å². The van der Waals surface area contributed by atoms with E-state index in [-0.39, 0.29) is 16.7 Å². The first-order valence-electron chi connectivity index (χ1n) is 6.84. The van der Waals surface area contributed by atoms with Gasteiger partial charge in [-0.2, -0.15) is 0 Å². The molecule has 1 aromatic rings. The molecular formula is C15H22N2O4. The summed E-state index contributed by atoms with van der Waals surface area (Å²) in [6.07, 6.45) is 0.0635. The highest BCUT2D eigenvalue weighted by atomic mass is 16.6. The van der Waals surface area contributed by atoms with E-state index in [2.05, 4.69) is 5.32 Å². The summed E-state index contributed by atoms with van der Waals surface area (Å²) in [5.74, 6) is -0.468. The number of amides is 1. The van der Waals surface area contributed by atoms with Gasteiger partial charge in [0, 0.05) is 12.6 Å². The number of rotatable bonds is 6. The molecule has 0 spiro atoms. The van der Waals surface area contributed by atoms with Crippen LogP contribution in [0.4, 0.5) is 5.69 Å². The van der Waals surface area contributed by atoms with E-state index in [0.29, 0.717) is 13.0 Å². The second kappa shape index (κ2) is 6.67. The van der Waals surface area contributed by atoms with Gasteiger partial charge < -0.3 is 10.4 Å². The summed E-state index contributed by atoms with van der Waals surface area (Å²) in [5.41, 5.74) is 0.357. The van der Waals surface area contributed by atoms with Crippen LogP contribution in [0.25, 0.3) is 0 Å². The van der Waals surface area contributed by atoms with Crippen LogP contribution < -0.4 is 5.32 Å². The van der Waals surface area contributed by atoms with Gasteiger partial charge in [0.25, 0.3) is 11.6 Å². The van der Waals surface area contributed by atoms with Gasteiger partial charge in [-0.3, -0.25) is 14.9 Å². The number of nitrogens with zero attached hydrogens (tertiary/aromatic N) is 1. The SMILES string of the molecule is Cc1ccc([N+](=O)[O-])c(C(=O)NCC(C)(C)CC(C)O)c1. The van der Waals surface area contributed by atoms with Crippen LogP contribution in [0.15, 0.2) is 18.2 Å². The Bertz CT molecular complexity index is 538. The quantitative estimate of drug-likeness (QED) is 0.622. The van der Waals surface area contributed by atoms with Crippen molar-refractivity contribution in [1.82, 2.24) is 5.32 Å². The van der Waals surface area contributed by atoms with Crippen LogP contribution in [0.5, 0.6) is 0 Å². The maximum Gasteiger partial charge on any atom is 0.282 e. The molecule has 6 heteroatoms. The van der Waals surface area contributed by atoms with Crippen molar-refractivity contribution in [3.05, 3.63) is 39.4 Å². The first-order chi connectivity index (χ1) is 9.62. The van der Waals surface area contributed by atoms with E-state index in [9.17, 15) is 20.0 Å². The summed E-state index contributed by atoms with van der Waals surface area (Å²) in [4.78, 5) is 22.6. The molecule has 0 fully saturated rings. The Morgan fingerprint density at radius 2 is 2.10 bits per heavy atom. The monoisotopic (exact) mass is 294 g/mol. The second-order valence-electron chi connectivity index (χ2n) is 6.18. The van der Waals surface area contributed by atoms with Crippen molar-refractivity contribution in [2.45, 2.75) is 40.2 Å². The number of hydrogen-bond acceptors (Lipinski definition) is 4. The number of carbonyl (C=O) groups is 1. The normalized spacial score (nSPS) is 12.8. The van der Waals surface area contributed by atoms with E-state index in [1.54, 1.807) is 19.9 Å². The lowest BCUT2D eigenvalue weighted by Crippen LogP contribution is -2.36. The first kappa shape index (κ1) is 17.1. The van der Waals surface area contributed by atoms with Crippen LogP contribution in [-0.4, -0.2) is 28.6 Å². The lowest BCUT2D eigenvalue weighted by atomic mass is 9.87. The Labute approximate surface area is 124 Å². The number of nitrogens with one attached hydrogen (secondary N) is 1. The smallest absolute Gasteiger partial charge is 0.282 e. The summed E-state index contributed by atoms with van der Waals surface area (Å²) in [6.45, 7) is 7.64. The summed E-state index contributed by atoms with van der Waals surface area (Å²) in [6, 6.07) is 4.45. The lowest BCUT2D eigenvalue weighted by Gasteiger charge is -2.26. The summed E-state index contributed by atoms with van der Waals surface area (Å²) in [5, 5.41) is 23.1. The Balaban J connectivity index is 2.85. The number of aliphatic hydroxyl groups is 1. The van der Waals surface area contributed by atoms with Crippen LogP contribution in [0.1, 0.15) is 43.1 Å². The van der Waals surface area contributed by atoms with Gasteiger partial charge in [0.05, 0.1) is 11.0 Å². The molecule has 0 aliphatic carbocycles. The molecule has 0 radical (unpaired) electrons. The van der Waals surface area contributed by atoms with Crippen molar-refractivity contribution in [2.75, 3.05) is 6.54 Å². The second-order valence-corrected chi connectivity index (χ2v) is 6.18. The zero-order valence-electron chi connectivity index (χ0n) is 12.8. The third-order valence-electron chi connectivity index (χ3n) is 3.17. The topological polar surface area (TPSA) is 92.5 Å². The minimum atomic E-state index is -0.560.